The van der Waals surface area contributed by atoms with Crippen LogP contribution in [0.5, 0.6) is 0 Å². The van der Waals surface area contributed by atoms with Crippen molar-refractivity contribution in [1.82, 2.24) is 0 Å². The quantitative estimate of drug-likeness (QED) is 0.540. The summed E-state index contributed by atoms with van der Waals surface area (Å²) < 4.78 is 0. The summed E-state index contributed by atoms with van der Waals surface area (Å²) in [5.74, 6) is 0. The van der Waals surface area contributed by atoms with Crippen LogP contribution in [0.4, 0.5) is 11.4 Å². The molecule has 94 valence electrons. The average Bonchev–Trinajstić information content (AvgIpc) is 2.38. The fraction of sp³-hybridized carbons (Fsp3) is 0.467. The van der Waals surface area contributed by atoms with Crippen LogP contribution >= 0.6 is 0 Å². The highest BCUT2D eigenvalue weighted by molar-refractivity contribution is 5.54. The molecule has 1 N–H and O–H groups in total. The molecule has 0 unspecified atom stereocenters. The molecule has 0 bridgehead atoms. The summed E-state index contributed by atoms with van der Waals surface area (Å²) in [6.07, 6.45) is 4.18. The summed E-state index contributed by atoms with van der Waals surface area (Å²) in [4.78, 5) is 2.35. The number of allylic oxidation sites excluding steroid dienone is 1. The van der Waals surface area contributed by atoms with Gasteiger partial charge in [0.2, 0.25) is 0 Å². The van der Waals surface area contributed by atoms with Crippen molar-refractivity contribution in [3.8, 4) is 0 Å². The topological polar surface area (TPSA) is 15.3 Å². The summed E-state index contributed by atoms with van der Waals surface area (Å²) in [5.41, 5.74) is 2.50. The summed E-state index contributed by atoms with van der Waals surface area (Å²) in [5, 5.41) is 3.42. The Balaban J connectivity index is 2.46. The van der Waals surface area contributed by atoms with Crippen LogP contribution in [0.2, 0.25) is 0 Å². The van der Waals surface area contributed by atoms with Crippen molar-refractivity contribution in [2.75, 3.05) is 29.9 Å². The Bertz CT molecular complexity index is 312. The highest BCUT2D eigenvalue weighted by Gasteiger charge is 2.00. The first-order valence-corrected chi connectivity index (χ1v) is 6.51. The Morgan fingerprint density at radius 3 is 2.35 bits per heavy atom. The smallest absolute Gasteiger partial charge is 0.0367 e. The molecule has 0 aromatic heterocycles. The van der Waals surface area contributed by atoms with Crippen molar-refractivity contribution in [1.29, 1.82) is 0 Å². The molecular formula is C15H24N2. The minimum Gasteiger partial charge on any atom is -0.385 e. The van der Waals surface area contributed by atoms with Crippen LogP contribution in [-0.4, -0.2) is 19.6 Å². The second-order valence-corrected chi connectivity index (χ2v) is 4.08. The molecule has 17 heavy (non-hydrogen) atoms. The molecule has 0 fully saturated rings. The van der Waals surface area contributed by atoms with Gasteiger partial charge in [0.25, 0.3) is 0 Å². The lowest BCUT2D eigenvalue weighted by Gasteiger charge is -2.21. The van der Waals surface area contributed by atoms with Gasteiger partial charge >= 0.3 is 0 Å². The summed E-state index contributed by atoms with van der Waals surface area (Å²) in [6.45, 7) is 11.2. The van der Waals surface area contributed by atoms with Crippen molar-refractivity contribution < 1.29 is 0 Å². The van der Waals surface area contributed by atoms with Crippen LogP contribution in [0.15, 0.2) is 36.9 Å². The van der Waals surface area contributed by atoms with Gasteiger partial charge in [-0.05, 0) is 51.0 Å². The lowest BCUT2D eigenvalue weighted by atomic mass is 10.2. The summed E-state index contributed by atoms with van der Waals surface area (Å²) >= 11 is 0. The van der Waals surface area contributed by atoms with Crippen LogP contribution < -0.4 is 10.2 Å². The van der Waals surface area contributed by atoms with E-state index in [0.29, 0.717) is 0 Å². The van der Waals surface area contributed by atoms with E-state index < -0.39 is 0 Å². The number of rotatable bonds is 8. The van der Waals surface area contributed by atoms with Gasteiger partial charge in [0, 0.05) is 31.0 Å². The zero-order chi connectivity index (χ0) is 12.5. The Morgan fingerprint density at radius 2 is 1.82 bits per heavy atom. The van der Waals surface area contributed by atoms with Crippen molar-refractivity contribution in [3.63, 3.8) is 0 Å². The number of hydrogen-bond acceptors (Lipinski definition) is 2. The standard InChI is InChI=1S/C15H24N2/c1-4-7-8-13-16-14-9-11-15(12-10-14)17(5-2)6-3/h4,9-12,16H,1,5-8,13H2,2-3H3. The molecular weight excluding hydrogens is 208 g/mol. The molecule has 2 nitrogen and oxygen atoms in total. The molecule has 2 heteroatoms. The van der Waals surface area contributed by atoms with Crippen LogP contribution in [-0.2, 0) is 0 Å². The summed E-state index contributed by atoms with van der Waals surface area (Å²) in [6, 6.07) is 8.68. The second-order valence-electron chi connectivity index (χ2n) is 4.08. The molecule has 1 aromatic rings. The molecule has 0 spiro atoms. The molecule has 0 heterocycles. The van der Waals surface area contributed by atoms with Crippen molar-refractivity contribution in [2.24, 2.45) is 0 Å². The van der Waals surface area contributed by atoms with Gasteiger partial charge < -0.3 is 10.2 Å². The van der Waals surface area contributed by atoms with E-state index in [0.717, 1.165) is 32.5 Å². The maximum absolute atomic E-state index is 3.72. The highest BCUT2D eigenvalue weighted by atomic mass is 15.1. The third kappa shape index (κ3) is 4.51. The van der Waals surface area contributed by atoms with Crippen molar-refractivity contribution in [3.05, 3.63) is 36.9 Å². The number of hydrogen-bond donors (Lipinski definition) is 1. The maximum atomic E-state index is 3.72. The molecule has 0 aliphatic heterocycles. The first-order chi connectivity index (χ1) is 8.31. The lowest BCUT2D eigenvalue weighted by Crippen LogP contribution is -2.21. The van der Waals surface area contributed by atoms with E-state index in [9.17, 15) is 0 Å². The Labute approximate surface area is 105 Å². The van der Waals surface area contributed by atoms with Gasteiger partial charge in [-0.15, -0.1) is 6.58 Å². The van der Waals surface area contributed by atoms with Crippen LogP contribution in [0.3, 0.4) is 0 Å². The van der Waals surface area contributed by atoms with Crippen LogP contribution in [0.25, 0.3) is 0 Å². The zero-order valence-corrected chi connectivity index (χ0v) is 11.1. The van der Waals surface area contributed by atoms with Crippen molar-refractivity contribution >= 4 is 11.4 Å². The van der Waals surface area contributed by atoms with E-state index in [1.54, 1.807) is 0 Å². The second kappa shape index (κ2) is 7.77. The summed E-state index contributed by atoms with van der Waals surface area (Å²) in [7, 11) is 0. The van der Waals surface area contributed by atoms with E-state index >= 15 is 0 Å². The zero-order valence-electron chi connectivity index (χ0n) is 11.1. The normalized spacial score (nSPS) is 10.0. The van der Waals surface area contributed by atoms with Crippen molar-refractivity contribution in [2.45, 2.75) is 26.7 Å². The SMILES string of the molecule is C=CCCCNc1ccc(N(CC)CC)cc1. The van der Waals surface area contributed by atoms with Crippen LogP contribution in [0, 0.1) is 0 Å². The molecule has 0 aliphatic rings. The Kier molecular flexibility index (Phi) is 6.23. The fourth-order valence-electron chi connectivity index (χ4n) is 1.86. The van der Waals surface area contributed by atoms with E-state index in [2.05, 4.69) is 54.9 Å². The third-order valence-corrected chi connectivity index (χ3v) is 2.91. The van der Waals surface area contributed by atoms with E-state index in [1.807, 2.05) is 6.08 Å². The predicted molar refractivity (Wildman–Crippen MR) is 77.9 cm³/mol. The van der Waals surface area contributed by atoms with Gasteiger partial charge in [-0.3, -0.25) is 0 Å². The van der Waals surface area contributed by atoms with Crippen LogP contribution in [0.1, 0.15) is 26.7 Å². The lowest BCUT2D eigenvalue weighted by molar-refractivity contribution is 0.865. The first-order valence-electron chi connectivity index (χ1n) is 6.51. The Morgan fingerprint density at radius 1 is 1.18 bits per heavy atom. The molecule has 0 saturated carbocycles. The number of unbranched alkanes of at least 4 members (excludes halogenated alkanes) is 1. The number of nitrogens with one attached hydrogen (secondary N) is 1. The third-order valence-electron chi connectivity index (χ3n) is 2.91. The monoisotopic (exact) mass is 232 g/mol. The number of nitrogens with zero attached hydrogens (tertiary/aromatic N) is 1. The average molecular weight is 232 g/mol. The van der Waals surface area contributed by atoms with Gasteiger partial charge in [-0.2, -0.15) is 0 Å². The van der Waals surface area contributed by atoms with Gasteiger partial charge in [0.1, 0.15) is 0 Å². The number of anilines is 2. The molecule has 0 atom stereocenters. The van der Waals surface area contributed by atoms with Gasteiger partial charge in [-0.1, -0.05) is 6.08 Å². The highest BCUT2D eigenvalue weighted by Crippen LogP contribution is 2.17. The molecule has 1 rings (SSSR count). The predicted octanol–water partition coefficient (Wildman–Crippen LogP) is 3.91. The Hall–Kier alpha value is -1.44. The maximum Gasteiger partial charge on any atom is 0.0367 e. The molecule has 0 saturated heterocycles. The minimum atomic E-state index is 1.01. The first kappa shape index (κ1) is 13.6. The van der Waals surface area contributed by atoms with E-state index in [1.165, 1.54) is 11.4 Å². The van der Waals surface area contributed by atoms with E-state index in [4.69, 9.17) is 0 Å². The molecule has 0 aliphatic carbocycles. The van der Waals surface area contributed by atoms with Gasteiger partial charge in [0.05, 0.1) is 0 Å². The van der Waals surface area contributed by atoms with Gasteiger partial charge in [-0.25, -0.2) is 0 Å². The van der Waals surface area contributed by atoms with Gasteiger partial charge in [0.15, 0.2) is 0 Å². The molecule has 0 amide bonds. The number of benzene rings is 1. The fourth-order valence-corrected chi connectivity index (χ4v) is 1.86. The van der Waals surface area contributed by atoms with E-state index in [-0.39, 0.29) is 0 Å². The largest absolute Gasteiger partial charge is 0.385 e. The molecule has 0 radical (unpaired) electrons. The molecule has 1 aromatic carbocycles. The minimum absolute atomic E-state index is 1.01.